The van der Waals surface area contributed by atoms with Gasteiger partial charge >= 0.3 is 0 Å². The molecule has 1 aromatic carbocycles. The predicted molar refractivity (Wildman–Crippen MR) is 72.5 cm³/mol. The van der Waals surface area contributed by atoms with Crippen molar-refractivity contribution in [3.8, 4) is 0 Å². The maximum absolute atomic E-state index is 11.9. The highest BCUT2D eigenvalue weighted by atomic mass is 79.9. The molecule has 0 aliphatic carbocycles. The second-order valence-corrected chi connectivity index (χ2v) is 6.17. The third-order valence-corrected chi connectivity index (χ3v) is 3.74. The summed E-state index contributed by atoms with van der Waals surface area (Å²) in [6.07, 6.45) is 0.819. The highest BCUT2D eigenvalue weighted by Gasteiger charge is 2.17. The summed E-state index contributed by atoms with van der Waals surface area (Å²) in [6.45, 7) is 8.51. The molecule has 0 aliphatic heterocycles. The summed E-state index contributed by atoms with van der Waals surface area (Å²) in [4.78, 5) is 11.8. The van der Waals surface area contributed by atoms with E-state index >= 15 is 0 Å². The zero-order valence-corrected chi connectivity index (χ0v) is 12.0. The molecule has 16 heavy (non-hydrogen) atoms. The molecule has 0 saturated heterocycles. The molecule has 0 N–H and O–H groups in total. The van der Waals surface area contributed by atoms with Crippen LogP contribution in [0.15, 0.2) is 24.3 Å². The first kappa shape index (κ1) is 13.4. The quantitative estimate of drug-likeness (QED) is 0.595. The number of rotatable bonds is 3. The van der Waals surface area contributed by atoms with E-state index in [1.807, 2.05) is 31.2 Å². The molecule has 1 atom stereocenters. The van der Waals surface area contributed by atoms with Crippen molar-refractivity contribution in [2.24, 2.45) is 0 Å². The highest BCUT2D eigenvalue weighted by molar-refractivity contribution is 9.10. The van der Waals surface area contributed by atoms with Crippen molar-refractivity contribution in [1.29, 1.82) is 0 Å². The van der Waals surface area contributed by atoms with Crippen molar-refractivity contribution in [2.75, 3.05) is 0 Å². The Hall–Kier alpha value is -0.630. The number of ketones is 1. The SMILES string of the molecule is CCC(Br)C(=O)c1ccc(C(C)(C)C)cc1. The Balaban J connectivity index is 2.91. The van der Waals surface area contributed by atoms with Crippen LogP contribution >= 0.6 is 15.9 Å². The first-order valence-electron chi connectivity index (χ1n) is 5.65. The Morgan fingerprint density at radius 3 is 2.12 bits per heavy atom. The molecule has 1 aromatic rings. The van der Waals surface area contributed by atoms with Crippen molar-refractivity contribution in [3.63, 3.8) is 0 Å². The monoisotopic (exact) mass is 282 g/mol. The lowest BCUT2D eigenvalue weighted by Gasteiger charge is -2.19. The van der Waals surface area contributed by atoms with Gasteiger partial charge in [0.2, 0.25) is 0 Å². The smallest absolute Gasteiger partial charge is 0.176 e. The van der Waals surface area contributed by atoms with Gasteiger partial charge in [0.25, 0.3) is 0 Å². The maximum Gasteiger partial charge on any atom is 0.176 e. The van der Waals surface area contributed by atoms with Crippen LogP contribution in [0.1, 0.15) is 50.0 Å². The van der Waals surface area contributed by atoms with Gasteiger partial charge in [-0.05, 0) is 17.4 Å². The fourth-order valence-corrected chi connectivity index (χ4v) is 1.77. The first-order chi connectivity index (χ1) is 7.36. The minimum absolute atomic E-state index is 0.0620. The van der Waals surface area contributed by atoms with Crippen molar-refractivity contribution in [1.82, 2.24) is 0 Å². The number of carbonyl (C=O) groups excluding carboxylic acids is 1. The summed E-state index contributed by atoms with van der Waals surface area (Å²) in [5.41, 5.74) is 2.18. The first-order valence-corrected chi connectivity index (χ1v) is 6.56. The van der Waals surface area contributed by atoms with Crippen LogP contribution in [0.4, 0.5) is 0 Å². The van der Waals surface area contributed by atoms with Gasteiger partial charge in [-0.1, -0.05) is 67.9 Å². The van der Waals surface area contributed by atoms with E-state index in [1.165, 1.54) is 5.56 Å². The zero-order chi connectivity index (χ0) is 12.3. The predicted octanol–water partition coefficient (Wildman–Crippen LogP) is 4.34. The van der Waals surface area contributed by atoms with E-state index in [1.54, 1.807) is 0 Å². The molecule has 0 bridgehead atoms. The van der Waals surface area contributed by atoms with Gasteiger partial charge in [-0.2, -0.15) is 0 Å². The molecule has 1 unspecified atom stereocenters. The molecule has 0 heterocycles. The van der Waals surface area contributed by atoms with Gasteiger partial charge in [0, 0.05) is 5.56 Å². The highest BCUT2D eigenvalue weighted by Crippen LogP contribution is 2.23. The Bertz CT molecular complexity index is 359. The van der Waals surface area contributed by atoms with Crippen molar-refractivity contribution < 1.29 is 4.79 Å². The molecule has 1 nitrogen and oxygen atoms in total. The molecule has 0 aliphatic rings. The van der Waals surface area contributed by atoms with Crippen LogP contribution in [0, 0.1) is 0 Å². The van der Waals surface area contributed by atoms with Crippen LogP contribution in [-0.2, 0) is 5.41 Å². The number of carbonyl (C=O) groups is 1. The number of hydrogen-bond acceptors (Lipinski definition) is 1. The molecule has 0 aromatic heterocycles. The van der Waals surface area contributed by atoms with E-state index in [0.29, 0.717) is 0 Å². The Morgan fingerprint density at radius 2 is 1.75 bits per heavy atom. The molecule has 0 spiro atoms. The van der Waals surface area contributed by atoms with Crippen LogP contribution < -0.4 is 0 Å². The van der Waals surface area contributed by atoms with Crippen LogP contribution in [0.5, 0.6) is 0 Å². The van der Waals surface area contributed by atoms with Gasteiger partial charge in [-0.25, -0.2) is 0 Å². The maximum atomic E-state index is 11.9. The van der Waals surface area contributed by atoms with Crippen LogP contribution in [-0.4, -0.2) is 10.6 Å². The molecule has 2 heteroatoms. The van der Waals surface area contributed by atoms with Crippen molar-refractivity contribution in [2.45, 2.75) is 44.4 Å². The van der Waals surface area contributed by atoms with E-state index in [0.717, 1.165) is 12.0 Å². The summed E-state index contributed by atoms with van der Waals surface area (Å²) in [6, 6.07) is 7.94. The number of benzene rings is 1. The molecule has 0 amide bonds. The minimum Gasteiger partial charge on any atom is -0.293 e. The molecule has 1 rings (SSSR count). The standard InChI is InChI=1S/C14H19BrO/c1-5-12(15)13(16)10-6-8-11(9-7-10)14(2,3)4/h6-9,12H,5H2,1-4H3. The van der Waals surface area contributed by atoms with Gasteiger partial charge in [0.15, 0.2) is 5.78 Å². The topological polar surface area (TPSA) is 17.1 Å². The van der Waals surface area contributed by atoms with Crippen molar-refractivity contribution >= 4 is 21.7 Å². The second kappa shape index (κ2) is 5.13. The fourth-order valence-electron chi connectivity index (χ4n) is 1.50. The average molecular weight is 283 g/mol. The summed E-state index contributed by atoms with van der Waals surface area (Å²) in [5.74, 6) is 0.169. The van der Waals surface area contributed by atoms with E-state index in [9.17, 15) is 4.79 Å². The van der Waals surface area contributed by atoms with Crippen LogP contribution in [0.2, 0.25) is 0 Å². The third-order valence-electron chi connectivity index (χ3n) is 2.68. The Morgan fingerprint density at radius 1 is 1.25 bits per heavy atom. The van der Waals surface area contributed by atoms with Crippen molar-refractivity contribution in [3.05, 3.63) is 35.4 Å². The molecule has 0 saturated carbocycles. The van der Waals surface area contributed by atoms with Crippen LogP contribution in [0.25, 0.3) is 0 Å². The fraction of sp³-hybridized carbons (Fsp3) is 0.500. The molecular weight excluding hydrogens is 264 g/mol. The Kier molecular flexibility index (Phi) is 4.31. The third kappa shape index (κ3) is 3.18. The molecule has 0 radical (unpaired) electrons. The van der Waals surface area contributed by atoms with Crippen LogP contribution in [0.3, 0.4) is 0 Å². The van der Waals surface area contributed by atoms with E-state index < -0.39 is 0 Å². The second-order valence-electron chi connectivity index (χ2n) is 5.07. The lowest BCUT2D eigenvalue weighted by atomic mass is 9.86. The number of hydrogen-bond donors (Lipinski definition) is 0. The largest absolute Gasteiger partial charge is 0.293 e. The molecule has 88 valence electrons. The van der Waals surface area contributed by atoms with E-state index in [-0.39, 0.29) is 16.0 Å². The summed E-state index contributed by atoms with van der Waals surface area (Å²) in [7, 11) is 0. The van der Waals surface area contributed by atoms with Gasteiger partial charge in [-0.3, -0.25) is 4.79 Å². The van der Waals surface area contributed by atoms with Gasteiger partial charge < -0.3 is 0 Å². The van der Waals surface area contributed by atoms with E-state index in [2.05, 4.69) is 36.7 Å². The number of alkyl halides is 1. The lowest BCUT2D eigenvalue weighted by Crippen LogP contribution is -2.14. The van der Waals surface area contributed by atoms with Gasteiger partial charge in [0.05, 0.1) is 4.83 Å². The zero-order valence-electron chi connectivity index (χ0n) is 10.4. The number of Topliss-reactive ketones (excluding diaryl/α,β-unsaturated/α-hetero) is 1. The van der Waals surface area contributed by atoms with Gasteiger partial charge in [0.1, 0.15) is 0 Å². The minimum atomic E-state index is -0.0620. The summed E-state index contributed by atoms with van der Waals surface area (Å²) in [5, 5.41) is 0. The lowest BCUT2D eigenvalue weighted by molar-refractivity contribution is 0.0990. The molecule has 0 fully saturated rings. The number of halogens is 1. The average Bonchev–Trinajstić information content (AvgIpc) is 2.26. The normalized spacial score (nSPS) is 13.6. The molecular formula is C14H19BrO. The Labute approximate surface area is 106 Å². The van der Waals surface area contributed by atoms with Gasteiger partial charge in [-0.15, -0.1) is 0 Å². The van der Waals surface area contributed by atoms with E-state index in [4.69, 9.17) is 0 Å². The summed E-state index contributed by atoms with van der Waals surface area (Å²) >= 11 is 3.39. The summed E-state index contributed by atoms with van der Waals surface area (Å²) < 4.78 is 0.